The van der Waals surface area contributed by atoms with Gasteiger partial charge in [0.25, 0.3) is 0 Å². The zero-order valence-corrected chi connectivity index (χ0v) is 7.03. The molecule has 0 aliphatic carbocycles. The summed E-state index contributed by atoms with van der Waals surface area (Å²) < 4.78 is 4.72. The molecule has 13 heavy (non-hydrogen) atoms. The van der Waals surface area contributed by atoms with Gasteiger partial charge in [0.1, 0.15) is 6.61 Å². The van der Waals surface area contributed by atoms with Gasteiger partial charge in [-0.15, -0.1) is 0 Å². The molecule has 0 aliphatic heterocycles. The standard InChI is InChI=1S/C8H11NO4/c1-2-13-6-5-9-7(10)3-4-8(11)12/h2-4H,1,5-6H2,(H,9,10)(H,11,12)/b4-3-. The lowest BCUT2D eigenvalue weighted by Crippen LogP contribution is -2.25. The number of carbonyl (C=O) groups excluding carboxylic acids is 1. The van der Waals surface area contributed by atoms with Crippen LogP contribution in [0.25, 0.3) is 0 Å². The first-order chi connectivity index (χ1) is 6.16. The van der Waals surface area contributed by atoms with Gasteiger partial charge < -0.3 is 15.2 Å². The van der Waals surface area contributed by atoms with Crippen molar-refractivity contribution in [2.45, 2.75) is 0 Å². The number of carbonyl (C=O) groups is 2. The van der Waals surface area contributed by atoms with Gasteiger partial charge in [-0.2, -0.15) is 0 Å². The van der Waals surface area contributed by atoms with E-state index in [1.165, 1.54) is 6.26 Å². The van der Waals surface area contributed by atoms with E-state index in [9.17, 15) is 9.59 Å². The first-order valence-corrected chi connectivity index (χ1v) is 3.58. The Balaban J connectivity index is 3.51. The molecule has 0 fully saturated rings. The molecule has 5 nitrogen and oxygen atoms in total. The van der Waals surface area contributed by atoms with Crippen LogP contribution in [0.3, 0.4) is 0 Å². The van der Waals surface area contributed by atoms with Gasteiger partial charge in [-0.1, -0.05) is 6.58 Å². The lowest BCUT2D eigenvalue weighted by Gasteiger charge is -2.00. The molecular formula is C8H11NO4. The van der Waals surface area contributed by atoms with Crippen molar-refractivity contribution in [2.75, 3.05) is 13.2 Å². The Hall–Kier alpha value is -1.78. The van der Waals surface area contributed by atoms with E-state index in [0.29, 0.717) is 13.2 Å². The third kappa shape index (κ3) is 8.12. The van der Waals surface area contributed by atoms with Crippen LogP contribution in [0, 0.1) is 0 Å². The van der Waals surface area contributed by atoms with Crippen molar-refractivity contribution in [1.29, 1.82) is 0 Å². The normalized spacial score (nSPS) is 9.54. The number of nitrogens with one attached hydrogen (secondary N) is 1. The molecule has 0 aromatic carbocycles. The van der Waals surface area contributed by atoms with Gasteiger partial charge in [0, 0.05) is 12.2 Å². The van der Waals surface area contributed by atoms with E-state index in [1.807, 2.05) is 0 Å². The minimum atomic E-state index is -1.16. The molecule has 72 valence electrons. The van der Waals surface area contributed by atoms with Gasteiger partial charge in [0.05, 0.1) is 12.8 Å². The average molecular weight is 185 g/mol. The highest BCUT2D eigenvalue weighted by atomic mass is 16.5. The first-order valence-electron chi connectivity index (χ1n) is 3.58. The maximum Gasteiger partial charge on any atom is 0.328 e. The molecule has 0 aromatic rings. The van der Waals surface area contributed by atoms with Crippen molar-refractivity contribution in [3.05, 3.63) is 25.0 Å². The fraction of sp³-hybridized carbons (Fsp3) is 0.250. The van der Waals surface area contributed by atoms with Crippen LogP contribution < -0.4 is 5.32 Å². The fourth-order valence-corrected chi connectivity index (χ4v) is 0.522. The van der Waals surface area contributed by atoms with Crippen molar-refractivity contribution in [2.24, 2.45) is 0 Å². The van der Waals surface area contributed by atoms with Gasteiger partial charge in [-0.3, -0.25) is 4.79 Å². The molecule has 0 saturated carbocycles. The maximum atomic E-state index is 10.8. The zero-order valence-electron chi connectivity index (χ0n) is 7.03. The number of aliphatic carboxylic acids is 1. The first kappa shape index (κ1) is 11.2. The van der Waals surface area contributed by atoms with Crippen LogP contribution in [0.4, 0.5) is 0 Å². The quantitative estimate of drug-likeness (QED) is 0.344. The Morgan fingerprint density at radius 2 is 2.15 bits per heavy atom. The molecule has 0 rings (SSSR count). The number of rotatable bonds is 6. The van der Waals surface area contributed by atoms with Crippen LogP contribution in [0.15, 0.2) is 25.0 Å². The van der Waals surface area contributed by atoms with Gasteiger partial charge in [0.2, 0.25) is 5.91 Å². The maximum absolute atomic E-state index is 10.8. The second kappa shape index (κ2) is 6.90. The van der Waals surface area contributed by atoms with Crippen LogP contribution in [-0.4, -0.2) is 30.1 Å². The molecule has 0 aromatic heterocycles. The van der Waals surface area contributed by atoms with Gasteiger partial charge in [-0.25, -0.2) is 4.79 Å². The minimum absolute atomic E-state index is 0.314. The van der Waals surface area contributed by atoms with Crippen LogP contribution >= 0.6 is 0 Å². The molecule has 5 heteroatoms. The molecule has 0 spiro atoms. The van der Waals surface area contributed by atoms with E-state index in [0.717, 1.165) is 12.2 Å². The second-order valence-corrected chi connectivity index (χ2v) is 2.00. The SMILES string of the molecule is C=COCCNC(=O)/C=C\C(=O)O. The Labute approximate surface area is 75.7 Å². The largest absolute Gasteiger partial charge is 0.500 e. The number of carboxylic acids is 1. The second-order valence-electron chi connectivity index (χ2n) is 2.00. The summed E-state index contributed by atoms with van der Waals surface area (Å²) in [6.07, 6.45) is 2.97. The number of hydrogen-bond donors (Lipinski definition) is 2. The Kier molecular flexibility index (Phi) is 5.96. The highest BCUT2D eigenvalue weighted by Gasteiger charge is 1.94. The van der Waals surface area contributed by atoms with Crippen molar-refractivity contribution < 1.29 is 19.4 Å². The lowest BCUT2D eigenvalue weighted by atomic mass is 10.4. The number of amides is 1. The lowest BCUT2D eigenvalue weighted by molar-refractivity contribution is -0.131. The Morgan fingerprint density at radius 1 is 1.46 bits per heavy atom. The van der Waals surface area contributed by atoms with Crippen LogP contribution in [-0.2, 0) is 14.3 Å². The third-order valence-corrected chi connectivity index (χ3v) is 1.01. The number of carboxylic acid groups (broad SMARTS) is 1. The monoisotopic (exact) mass is 185 g/mol. The molecular weight excluding hydrogens is 174 g/mol. The molecule has 1 amide bonds. The van der Waals surface area contributed by atoms with Gasteiger partial charge in [-0.05, 0) is 0 Å². The van der Waals surface area contributed by atoms with Gasteiger partial charge in [0.15, 0.2) is 0 Å². The minimum Gasteiger partial charge on any atom is -0.500 e. The fourth-order valence-electron chi connectivity index (χ4n) is 0.522. The van der Waals surface area contributed by atoms with E-state index in [2.05, 4.69) is 11.9 Å². The molecule has 2 N–H and O–H groups in total. The summed E-state index contributed by atoms with van der Waals surface area (Å²) in [5.74, 6) is -1.62. The van der Waals surface area contributed by atoms with Crippen molar-refractivity contribution >= 4 is 11.9 Å². The summed E-state index contributed by atoms with van der Waals surface area (Å²) in [7, 11) is 0. The van der Waals surface area contributed by atoms with E-state index < -0.39 is 11.9 Å². The zero-order chi connectivity index (χ0) is 10.1. The van der Waals surface area contributed by atoms with Crippen LogP contribution in [0.5, 0.6) is 0 Å². The van der Waals surface area contributed by atoms with Crippen molar-refractivity contribution in [1.82, 2.24) is 5.32 Å². The molecule has 0 saturated heterocycles. The Bertz CT molecular complexity index is 222. The predicted molar refractivity (Wildman–Crippen MR) is 45.9 cm³/mol. The van der Waals surface area contributed by atoms with Gasteiger partial charge >= 0.3 is 5.97 Å². The van der Waals surface area contributed by atoms with E-state index in [-0.39, 0.29) is 0 Å². The van der Waals surface area contributed by atoms with Crippen LogP contribution in [0.2, 0.25) is 0 Å². The average Bonchev–Trinajstić information content (AvgIpc) is 2.09. The van der Waals surface area contributed by atoms with Crippen molar-refractivity contribution in [3.63, 3.8) is 0 Å². The summed E-state index contributed by atoms with van der Waals surface area (Å²) in [4.78, 5) is 20.7. The summed E-state index contributed by atoms with van der Waals surface area (Å²) in [5.41, 5.74) is 0. The smallest absolute Gasteiger partial charge is 0.328 e. The summed E-state index contributed by atoms with van der Waals surface area (Å²) >= 11 is 0. The molecule has 0 atom stereocenters. The number of ether oxygens (including phenoxy) is 1. The molecule has 0 heterocycles. The van der Waals surface area contributed by atoms with E-state index in [4.69, 9.17) is 9.84 Å². The highest BCUT2D eigenvalue weighted by molar-refractivity contribution is 5.93. The molecule has 0 aliphatic rings. The van der Waals surface area contributed by atoms with Crippen LogP contribution in [0.1, 0.15) is 0 Å². The summed E-state index contributed by atoms with van der Waals surface area (Å²) in [5, 5.41) is 10.6. The van der Waals surface area contributed by atoms with Crippen molar-refractivity contribution in [3.8, 4) is 0 Å². The topological polar surface area (TPSA) is 75.6 Å². The highest BCUT2D eigenvalue weighted by Crippen LogP contribution is 1.75. The molecule has 0 unspecified atom stereocenters. The molecule has 0 bridgehead atoms. The van der Waals surface area contributed by atoms with E-state index >= 15 is 0 Å². The Morgan fingerprint density at radius 3 is 2.69 bits per heavy atom. The predicted octanol–water partition coefficient (Wildman–Crippen LogP) is -0.0965. The molecule has 0 radical (unpaired) electrons. The summed E-state index contributed by atoms with van der Waals surface area (Å²) in [6.45, 7) is 3.94. The van der Waals surface area contributed by atoms with E-state index in [1.54, 1.807) is 0 Å². The number of hydrogen-bond acceptors (Lipinski definition) is 3. The summed E-state index contributed by atoms with van der Waals surface area (Å²) in [6, 6.07) is 0. The third-order valence-electron chi connectivity index (χ3n) is 1.01.